The van der Waals surface area contributed by atoms with Crippen LogP contribution in [0.3, 0.4) is 0 Å². The molecule has 0 bridgehead atoms. The lowest BCUT2D eigenvalue weighted by atomic mass is 10.5. The first-order chi connectivity index (χ1) is 5.56. The van der Waals surface area contributed by atoms with E-state index in [1.54, 1.807) is 0 Å². The van der Waals surface area contributed by atoms with Crippen LogP contribution >= 0.6 is 23.5 Å². The third-order valence-corrected chi connectivity index (χ3v) is 4.00. The van der Waals surface area contributed by atoms with Crippen molar-refractivity contribution in [2.45, 2.75) is 43.4 Å². The van der Waals surface area contributed by atoms with E-state index in [1.807, 2.05) is 23.5 Å². The zero-order valence-corrected chi connectivity index (χ0v) is 10.0. The van der Waals surface area contributed by atoms with Crippen molar-refractivity contribution < 1.29 is 5.11 Å². The quantitative estimate of drug-likeness (QED) is 0.724. The molecule has 0 aromatic carbocycles. The summed E-state index contributed by atoms with van der Waals surface area (Å²) in [5.74, 6) is 1.07. The summed E-state index contributed by atoms with van der Waals surface area (Å²) in [5.41, 5.74) is 0. The highest BCUT2D eigenvalue weighted by Crippen LogP contribution is 2.22. The highest BCUT2D eigenvalue weighted by atomic mass is 32.2. The number of hydrogen-bond donors (Lipinski definition) is 1. The van der Waals surface area contributed by atoms with Gasteiger partial charge in [0.15, 0.2) is 0 Å². The second-order valence-electron chi connectivity index (χ2n) is 3.37. The Morgan fingerprint density at radius 1 is 1.08 bits per heavy atom. The van der Waals surface area contributed by atoms with Crippen LogP contribution in [0.1, 0.15) is 27.7 Å². The average Bonchev–Trinajstić information content (AvgIpc) is 1.97. The molecule has 1 nitrogen and oxygen atoms in total. The SMILES string of the molecule is CC(C)SCC(CO)SC(C)C. The van der Waals surface area contributed by atoms with E-state index in [2.05, 4.69) is 27.7 Å². The third kappa shape index (κ3) is 7.32. The van der Waals surface area contributed by atoms with Crippen molar-refractivity contribution in [2.24, 2.45) is 0 Å². The Morgan fingerprint density at radius 3 is 2.00 bits per heavy atom. The molecule has 0 radical (unpaired) electrons. The van der Waals surface area contributed by atoms with Gasteiger partial charge in [0.1, 0.15) is 0 Å². The van der Waals surface area contributed by atoms with E-state index in [0.29, 0.717) is 22.4 Å². The number of aliphatic hydroxyl groups excluding tert-OH is 1. The van der Waals surface area contributed by atoms with Gasteiger partial charge in [-0.15, -0.1) is 0 Å². The summed E-state index contributed by atoms with van der Waals surface area (Å²) in [6, 6.07) is 0. The van der Waals surface area contributed by atoms with Crippen LogP contribution in [0.2, 0.25) is 0 Å². The predicted octanol–water partition coefficient (Wildman–Crippen LogP) is 2.63. The van der Waals surface area contributed by atoms with Crippen LogP contribution in [-0.4, -0.2) is 33.2 Å². The Morgan fingerprint density at radius 2 is 1.67 bits per heavy atom. The molecule has 0 aliphatic rings. The van der Waals surface area contributed by atoms with E-state index >= 15 is 0 Å². The van der Waals surface area contributed by atoms with Gasteiger partial charge in [0.05, 0.1) is 6.61 Å². The van der Waals surface area contributed by atoms with Crippen molar-refractivity contribution in [1.82, 2.24) is 0 Å². The van der Waals surface area contributed by atoms with Crippen LogP contribution in [0.5, 0.6) is 0 Å². The topological polar surface area (TPSA) is 20.2 Å². The Bertz CT molecular complexity index is 105. The molecule has 0 aromatic rings. The van der Waals surface area contributed by atoms with Crippen LogP contribution in [0.4, 0.5) is 0 Å². The largest absolute Gasteiger partial charge is 0.395 e. The fraction of sp³-hybridized carbons (Fsp3) is 1.00. The lowest BCUT2D eigenvalue weighted by Crippen LogP contribution is -2.15. The second-order valence-corrected chi connectivity index (χ2v) is 6.86. The smallest absolute Gasteiger partial charge is 0.0558 e. The monoisotopic (exact) mass is 208 g/mol. The molecule has 0 saturated carbocycles. The predicted molar refractivity (Wildman–Crippen MR) is 61.2 cm³/mol. The van der Waals surface area contributed by atoms with Gasteiger partial charge in [0.2, 0.25) is 0 Å². The van der Waals surface area contributed by atoms with E-state index in [0.717, 1.165) is 5.75 Å². The van der Waals surface area contributed by atoms with Crippen molar-refractivity contribution in [2.75, 3.05) is 12.4 Å². The Hall–Kier alpha value is 0.660. The van der Waals surface area contributed by atoms with Gasteiger partial charge in [-0.05, 0) is 10.5 Å². The minimum absolute atomic E-state index is 0.308. The molecule has 0 spiro atoms. The molecule has 12 heavy (non-hydrogen) atoms. The van der Waals surface area contributed by atoms with Crippen molar-refractivity contribution in [1.29, 1.82) is 0 Å². The van der Waals surface area contributed by atoms with Crippen LogP contribution in [0.25, 0.3) is 0 Å². The van der Waals surface area contributed by atoms with Crippen LogP contribution < -0.4 is 0 Å². The fourth-order valence-corrected chi connectivity index (χ4v) is 2.93. The molecular weight excluding hydrogens is 188 g/mol. The van der Waals surface area contributed by atoms with Gasteiger partial charge in [0, 0.05) is 11.0 Å². The molecule has 0 aliphatic heterocycles. The van der Waals surface area contributed by atoms with Crippen LogP contribution in [0, 0.1) is 0 Å². The van der Waals surface area contributed by atoms with Crippen molar-refractivity contribution >= 4 is 23.5 Å². The number of hydrogen-bond acceptors (Lipinski definition) is 3. The molecule has 74 valence electrons. The molecule has 0 rings (SSSR count). The summed E-state index contributed by atoms with van der Waals surface area (Å²) in [7, 11) is 0. The fourth-order valence-electron chi connectivity index (χ4n) is 0.820. The molecule has 0 heterocycles. The lowest BCUT2D eigenvalue weighted by molar-refractivity contribution is 0.301. The number of aliphatic hydroxyl groups is 1. The molecule has 0 amide bonds. The van der Waals surface area contributed by atoms with E-state index in [-0.39, 0.29) is 0 Å². The van der Waals surface area contributed by atoms with Gasteiger partial charge >= 0.3 is 0 Å². The minimum Gasteiger partial charge on any atom is -0.395 e. The molecule has 1 unspecified atom stereocenters. The van der Waals surface area contributed by atoms with Crippen molar-refractivity contribution in [3.63, 3.8) is 0 Å². The van der Waals surface area contributed by atoms with Gasteiger partial charge in [0.25, 0.3) is 0 Å². The summed E-state index contributed by atoms with van der Waals surface area (Å²) >= 11 is 3.80. The van der Waals surface area contributed by atoms with Gasteiger partial charge in [-0.2, -0.15) is 23.5 Å². The standard InChI is InChI=1S/C9H20OS2/c1-7(2)11-6-9(5-10)12-8(3)4/h7-10H,5-6H2,1-4H3. The first kappa shape index (κ1) is 12.7. The Labute approximate surface area is 84.7 Å². The second kappa shape index (κ2) is 7.10. The maximum Gasteiger partial charge on any atom is 0.0558 e. The summed E-state index contributed by atoms with van der Waals surface area (Å²) in [6.07, 6.45) is 0. The molecule has 1 N–H and O–H groups in total. The molecule has 1 atom stereocenters. The summed E-state index contributed by atoms with van der Waals surface area (Å²) < 4.78 is 0. The van der Waals surface area contributed by atoms with Gasteiger partial charge in [-0.3, -0.25) is 0 Å². The lowest BCUT2D eigenvalue weighted by Gasteiger charge is -2.16. The number of thioether (sulfide) groups is 2. The third-order valence-electron chi connectivity index (χ3n) is 1.28. The van der Waals surface area contributed by atoms with Crippen LogP contribution in [0.15, 0.2) is 0 Å². The zero-order chi connectivity index (χ0) is 9.56. The van der Waals surface area contributed by atoms with Gasteiger partial charge < -0.3 is 5.11 Å². The Kier molecular flexibility index (Phi) is 7.49. The average molecular weight is 208 g/mol. The molecule has 0 aromatic heterocycles. The van der Waals surface area contributed by atoms with Crippen molar-refractivity contribution in [3.8, 4) is 0 Å². The van der Waals surface area contributed by atoms with Gasteiger partial charge in [-0.25, -0.2) is 0 Å². The van der Waals surface area contributed by atoms with E-state index in [1.165, 1.54) is 0 Å². The van der Waals surface area contributed by atoms with E-state index < -0.39 is 0 Å². The summed E-state index contributed by atoms with van der Waals surface area (Å²) in [6.45, 7) is 9.04. The maximum absolute atomic E-state index is 9.05. The molecule has 0 saturated heterocycles. The molecule has 0 fully saturated rings. The zero-order valence-electron chi connectivity index (χ0n) is 8.41. The summed E-state index contributed by atoms with van der Waals surface area (Å²) in [5, 5.41) is 10.8. The number of rotatable bonds is 6. The first-order valence-corrected chi connectivity index (χ1v) is 6.43. The normalized spacial score (nSPS) is 14.2. The van der Waals surface area contributed by atoms with Gasteiger partial charge in [-0.1, -0.05) is 27.7 Å². The van der Waals surface area contributed by atoms with Crippen molar-refractivity contribution in [3.05, 3.63) is 0 Å². The highest BCUT2D eigenvalue weighted by molar-refractivity contribution is 8.03. The minimum atomic E-state index is 0.308. The van der Waals surface area contributed by atoms with Crippen LogP contribution in [-0.2, 0) is 0 Å². The van der Waals surface area contributed by atoms with E-state index in [9.17, 15) is 0 Å². The molecular formula is C9H20OS2. The van der Waals surface area contributed by atoms with E-state index in [4.69, 9.17) is 5.11 Å². The Balaban J connectivity index is 3.53. The highest BCUT2D eigenvalue weighted by Gasteiger charge is 2.10. The first-order valence-electron chi connectivity index (χ1n) is 4.44. The molecule has 0 aliphatic carbocycles. The summed E-state index contributed by atoms with van der Waals surface area (Å²) in [4.78, 5) is 0. The molecule has 3 heteroatoms. The maximum atomic E-state index is 9.05.